The molecule has 1 aliphatic heterocycles. The van der Waals surface area contributed by atoms with Gasteiger partial charge in [0.15, 0.2) is 0 Å². The number of ether oxygens (including phenoxy) is 1. The number of para-hydroxylation sites is 1. The number of benzene rings is 1. The molecule has 0 aliphatic carbocycles. The lowest BCUT2D eigenvalue weighted by Crippen LogP contribution is -2.38. The van der Waals surface area contributed by atoms with Crippen LogP contribution in [0.1, 0.15) is 31.4 Å². The smallest absolute Gasteiger partial charge is 0.150 e. The first kappa shape index (κ1) is 14.3. The topological polar surface area (TPSA) is 55.4 Å². The molecule has 0 saturated carbocycles. The maximum absolute atomic E-state index is 11.4. The number of rotatable bonds is 4. The predicted molar refractivity (Wildman–Crippen MR) is 76.2 cm³/mol. The lowest BCUT2D eigenvalue weighted by molar-refractivity contribution is 0.384. The van der Waals surface area contributed by atoms with Gasteiger partial charge >= 0.3 is 0 Å². The summed E-state index contributed by atoms with van der Waals surface area (Å²) in [5, 5.41) is 3.50. The molecule has 106 valence electrons. The molecule has 1 heterocycles. The van der Waals surface area contributed by atoms with E-state index in [1.165, 1.54) is 0 Å². The van der Waals surface area contributed by atoms with Gasteiger partial charge in [0.05, 0.1) is 18.6 Å². The zero-order valence-corrected chi connectivity index (χ0v) is 12.2. The number of hydrogen-bond acceptors (Lipinski definition) is 4. The maximum Gasteiger partial charge on any atom is 0.150 e. The van der Waals surface area contributed by atoms with Crippen molar-refractivity contribution in [1.82, 2.24) is 5.32 Å². The summed E-state index contributed by atoms with van der Waals surface area (Å²) < 4.78 is 28.2. The molecule has 0 bridgehead atoms. The lowest BCUT2D eigenvalue weighted by Gasteiger charge is -2.27. The van der Waals surface area contributed by atoms with E-state index in [-0.39, 0.29) is 12.1 Å². The molecule has 0 spiro atoms. The maximum atomic E-state index is 11.4. The summed E-state index contributed by atoms with van der Waals surface area (Å²) in [6, 6.07) is 8.34. The summed E-state index contributed by atoms with van der Waals surface area (Å²) in [5.74, 6) is 1.46. The van der Waals surface area contributed by atoms with Gasteiger partial charge < -0.3 is 10.1 Å². The van der Waals surface area contributed by atoms with Gasteiger partial charge in [-0.05, 0) is 25.8 Å². The highest BCUT2D eigenvalue weighted by Crippen LogP contribution is 2.26. The van der Waals surface area contributed by atoms with E-state index in [0.29, 0.717) is 24.3 Å². The molecule has 1 saturated heterocycles. The fourth-order valence-corrected chi connectivity index (χ4v) is 4.02. The van der Waals surface area contributed by atoms with Crippen molar-refractivity contribution in [1.29, 1.82) is 0 Å². The average molecular weight is 283 g/mol. The Kier molecular flexibility index (Phi) is 4.47. The Morgan fingerprint density at radius 3 is 2.53 bits per heavy atom. The largest absolute Gasteiger partial charge is 0.496 e. The van der Waals surface area contributed by atoms with Crippen molar-refractivity contribution in [2.75, 3.05) is 18.6 Å². The second-order valence-electron chi connectivity index (χ2n) is 5.06. The SMILES string of the molecule is COc1ccccc1[C@@H](C)NC1CCS(=O)(=O)CC1. The molecule has 0 aromatic heterocycles. The van der Waals surface area contributed by atoms with Gasteiger partial charge in [0.25, 0.3) is 0 Å². The molecular weight excluding hydrogens is 262 g/mol. The van der Waals surface area contributed by atoms with E-state index in [2.05, 4.69) is 12.2 Å². The minimum Gasteiger partial charge on any atom is -0.496 e. The van der Waals surface area contributed by atoms with Crippen LogP contribution in [-0.4, -0.2) is 33.1 Å². The Morgan fingerprint density at radius 1 is 1.26 bits per heavy atom. The van der Waals surface area contributed by atoms with E-state index < -0.39 is 9.84 Å². The van der Waals surface area contributed by atoms with E-state index in [0.717, 1.165) is 11.3 Å². The van der Waals surface area contributed by atoms with Crippen LogP contribution in [0.5, 0.6) is 5.75 Å². The van der Waals surface area contributed by atoms with Crippen LogP contribution in [0.2, 0.25) is 0 Å². The number of sulfone groups is 1. The van der Waals surface area contributed by atoms with Crippen molar-refractivity contribution in [3.05, 3.63) is 29.8 Å². The Bertz CT molecular complexity index is 513. The fourth-order valence-electron chi connectivity index (χ4n) is 2.52. The highest BCUT2D eigenvalue weighted by Gasteiger charge is 2.25. The molecule has 1 aliphatic rings. The van der Waals surface area contributed by atoms with Crippen LogP contribution >= 0.6 is 0 Å². The quantitative estimate of drug-likeness (QED) is 0.917. The van der Waals surface area contributed by atoms with Crippen molar-refractivity contribution < 1.29 is 13.2 Å². The van der Waals surface area contributed by atoms with Crippen LogP contribution in [0.4, 0.5) is 0 Å². The number of nitrogens with one attached hydrogen (secondary N) is 1. The lowest BCUT2D eigenvalue weighted by atomic mass is 10.0. The van der Waals surface area contributed by atoms with Crippen LogP contribution in [-0.2, 0) is 9.84 Å². The Hall–Kier alpha value is -1.07. The van der Waals surface area contributed by atoms with Crippen LogP contribution in [0, 0.1) is 0 Å². The molecule has 1 aromatic rings. The summed E-state index contributed by atoms with van der Waals surface area (Å²) in [5.41, 5.74) is 1.11. The zero-order chi connectivity index (χ0) is 13.9. The molecule has 2 rings (SSSR count). The minimum atomic E-state index is -2.79. The van der Waals surface area contributed by atoms with E-state index in [1.807, 2.05) is 24.3 Å². The second-order valence-corrected chi connectivity index (χ2v) is 7.36. The molecule has 1 N–H and O–H groups in total. The molecular formula is C14H21NO3S. The van der Waals surface area contributed by atoms with Gasteiger partial charge in [-0.3, -0.25) is 0 Å². The standard InChI is InChI=1S/C14H21NO3S/c1-11(13-5-3-4-6-14(13)18-2)15-12-7-9-19(16,17)10-8-12/h3-6,11-12,15H,7-10H2,1-2H3/t11-/m1/s1. The minimum absolute atomic E-state index is 0.155. The van der Waals surface area contributed by atoms with Crippen molar-refractivity contribution in [2.45, 2.75) is 31.8 Å². The monoisotopic (exact) mass is 283 g/mol. The molecule has 0 unspecified atom stereocenters. The third-order valence-electron chi connectivity index (χ3n) is 3.65. The summed E-state index contributed by atoms with van der Waals surface area (Å²) >= 11 is 0. The van der Waals surface area contributed by atoms with Crippen molar-refractivity contribution in [3.63, 3.8) is 0 Å². The van der Waals surface area contributed by atoms with Crippen LogP contribution < -0.4 is 10.1 Å². The molecule has 1 aromatic carbocycles. The molecule has 1 fully saturated rings. The normalized spacial score (nSPS) is 20.9. The van der Waals surface area contributed by atoms with Gasteiger partial charge in [-0.15, -0.1) is 0 Å². The summed E-state index contributed by atoms with van der Waals surface area (Å²) in [6.07, 6.45) is 1.39. The third-order valence-corrected chi connectivity index (χ3v) is 5.36. The average Bonchev–Trinajstić information content (AvgIpc) is 2.41. The Labute approximate surface area is 115 Å². The van der Waals surface area contributed by atoms with Gasteiger partial charge in [0.1, 0.15) is 15.6 Å². The van der Waals surface area contributed by atoms with Crippen molar-refractivity contribution in [3.8, 4) is 5.75 Å². The zero-order valence-electron chi connectivity index (χ0n) is 11.4. The second kappa shape index (κ2) is 5.92. The first-order chi connectivity index (χ1) is 9.02. The first-order valence-corrected chi connectivity index (χ1v) is 8.43. The fraction of sp³-hybridized carbons (Fsp3) is 0.571. The Morgan fingerprint density at radius 2 is 1.89 bits per heavy atom. The molecule has 5 heteroatoms. The van der Waals surface area contributed by atoms with Crippen LogP contribution in [0.25, 0.3) is 0 Å². The van der Waals surface area contributed by atoms with Gasteiger partial charge in [-0.25, -0.2) is 8.42 Å². The van der Waals surface area contributed by atoms with Gasteiger partial charge in [-0.1, -0.05) is 18.2 Å². The molecule has 0 amide bonds. The number of methoxy groups -OCH3 is 1. The van der Waals surface area contributed by atoms with Crippen LogP contribution in [0.3, 0.4) is 0 Å². The molecule has 0 radical (unpaired) electrons. The predicted octanol–water partition coefficient (Wildman–Crippen LogP) is 1.92. The van der Waals surface area contributed by atoms with Gasteiger partial charge in [-0.2, -0.15) is 0 Å². The third kappa shape index (κ3) is 3.70. The van der Waals surface area contributed by atoms with Crippen molar-refractivity contribution in [2.24, 2.45) is 0 Å². The highest BCUT2D eigenvalue weighted by atomic mass is 32.2. The van der Waals surface area contributed by atoms with E-state index in [9.17, 15) is 8.42 Å². The summed E-state index contributed by atoms with van der Waals surface area (Å²) in [7, 11) is -1.13. The summed E-state index contributed by atoms with van der Waals surface area (Å²) in [4.78, 5) is 0. The van der Waals surface area contributed by atoms with E-state index >= 15 is 0 Å². The molecule has 19 heavy (non-hydrogen) atoms. The number of hydrogen-bond donors (Lipinski definition) is 1. The first-order valence-electron chi connectivity index (χ1n) is 6.61. The Balaban J connectivity index is 2.00. The van der Waals surface area contributed by atoms with Crippen LogP contribution in [0.15, 0.2) is 24.3 Å². The van der Waals surface area contributed by atoms with Gasteiger partial charge in [0.2, 0.25) is 0 Å². The van der Waals surface area contributed by atoms with E-state index in [1.54, 1.807) is 7.11 Å². The summed E-state index contributed by atoms with van der Waals surface area (Å²) in [6.45, 7) is 2.08. The molecule has 4 nitrogen and oxygen atoms in total. The van der Waals surface area contributed by atoms with Gasteiger partial charge in [0, 0.05) is 17.6 Å². The highest BCUT2D eigenvalue weighted by molar-refractivity contribution is 7.91. The molecule has 1 atom stereocenters. The van der Waals surface area contributed by atoms with Crippen molar-refractivity contribution >= 4 is 9.84 Å². The van der Waals surface area contributed by atoms with E-state index in [4.69, 9.17) is 4.74 Å².